The summed E-state index contributed by atoms with van der Waals surface area (Å²) in [5.74, 6) is 0.473. The molecule has 0 aromatic heterocycles. The van der Waals surface area contributed by atoms with Gasteiger partial charge in [-0.3, -0.25) is 4.79 Å². The van der Waals surface area contributed by atoms with Crippen LogP contribution in [0.5, 0.6) is 0 Å². The zero-order valence-corrected chi connectivity index (χ0v) is 30.8. The lowest BCUT2D eigenvalue weighted by atomic mass is 10.00. The Hall–Kier alpha value is -0.970. The van der Waals surface area contributed by atoms with Gasteiger partial charge in [0.1, 0.15) is 6.61 Å². The third-order valence-electron chi connectivity index (χ3n) is 7.02. The molecule has 2 atom stereocenters. The molecule has 0 saturated carbocycles. The van der Waals surface area contributed by atoms with Crippen LogP contribution >= 0.6 is 0 Å². The minimum Gasteiger partial charge on any atom is -0.463 e. The zero-order valence-electron chi connectivity index (χ0n) is 30.8. The van der Waals surface area contributed by atoms with E-state index < -0.39 is 0 Å². The first-order chi connectivity index (χ1) is 23.7. The molecule has 0 amide bonds. The van der Waals surface area contributed by atoms with Crippen molar-refractivity contribution in [3.8, 4) is 0 Å². The van der Waals surface area contributed by atoms with Gasteiger partial charge in [0.05, 0.1) is 145 Å². The number of unbranched alkanes of at least 4 members (excludes halogenated alkanes) is 1. The predicted molar refractivity (Wildman–Crippen MR) is 183 cm³/mol. The molecule has 48 heavy (non-hydrogen) atoms. The van der Waals surface area contributed by atoms with Crippen LogP contribution in [-0.4, -0.2) is 158 Å². The first kappa shape index (κ1) is 47.0. The highest BCUT2D eigenvalue weighted by Crippen LogP contribution is 2.14. The van der Waals surface area contributed by atoms with E-state index in [0.29, 0.717) is 145 Å². The van der Waals surface area contributed by atoms with E-state index in [-0.39, 0.29) is 18.5 Å². The summed E-state index contributed by atoms with van der Waals surface area (Å²) in [6.45, 7) is 20.3. The van der Waals surface area contributed by atoms with Crippen LogP contribution in [0.15, 0.2) is 0 Å². The van der Waals surface area contributed by atoms with Crippen molar-refractivity contribution in [2.75, 3.05) is 152 Å². The minimum atomic E-state index is -0.119. The second kappa shape index (κ2) is 40.5. The summed E-state index contributed by atoms with van der Waals surface area (Å²) in [6.07, 6.45) is 4.97. The molecule has 0 aliphatic carbocycles. The van der Waals surface area contributed by atoms with Crippen molar-refractivity contribution in [3.05, 3.63) is 0 Å². The summed E-state index contributed by atoms with van der Waals surface area (Å²) in [5, 5.41) is 0. The van der Waals surface area contributed by atoms with Crippen molar-refractivity contribution in [3.63, 3.8) is 0 Å². The molecule has 0 bridgehead atoms. The second-order valence-corrected chi connectivity index (χ2v) is 11.1. The molecule has 0 aliphatic rings. The van der Waals surface area contributed by atoms with Gasteiger partial charge in [-0.05, 0) is 18.8 Å². The van der Waals surface area contributed by atoms with Gasteiger partial charge < -0.3 is 56.8 Å². The van der Waals surface area contributed by atoms with Gasteiger partial charge in [-0.25, -0.2) is 0 Å². The van der Waals surface area contributed by atoms with Crippen LogP contribution in [0.4, 0.5) is 0 Å². The number of rotatable bonds is 41. The normalized spacial score (nSPS) is 12.8. The maximum absolute atomic E-state index is 12.0. The minimum absolute atomic E-state index is 0.00275. The summed E-state index contributed by atoms with van der Waals surface area (Å²) in [7, 11) is 0. The van der Waals surface area contributed by atoms with Gasteiger partial charge in [0.15, 0.2) is 0 Å². The van der Waals surface area contributed by atoms with Crippen LogP contribution in [0.3, 0.4) is 0 Å². The molecule has 13 nitrogen and oxygen atoms in total. The number of hydrogen-bond donors (Lipinski definition) is 0. The van der Waals surface area contributed by atoms with E-state index in [1.54, 1.807) is 0 Å². The predicted octanol–water partition coefficient (Wildman–Crippen LogP) is 3.97. The highest BCUT2D eigenvalue weighted by atomic mass is 16.6. The Morgan fingerprint density at radius 3 is 0.979 bits per heavy atom. The van der Waals surface area contributed by atoms with Crippen molar-refractivity contribution in [1.82, 2.24) is 0 Å². The van der Waals surface area contributed by atoms with Gasteiger partial charge in [-0.2, -0.15) is 0 Å². The van der Waals surface area contributed by atoms with Crippen LogP contribution in [0, 0.1) is 11.8 Å². The highest BCUT2D eigenvalue weighted by Gasteiger charge is 2.16. The van der Waals surface area contributed by atoms with Crippen LogP contribution in [-0.2, 0) is 61.6 Å². The van der Waals surface area contributed by atoms with E-state index in [2.05, 4.69) is 20.8 Å². The van der Waals surface area contributed by atoms with E-state index in [4.69, 9.17) is 56.8 Å². The Morgan fingerprint density at radius 1 is 0.417 bits per heavy atom. The van der Waals surface area contributed by atoms with Crippen LogP contribution < -0.4 is 0 Å². The van der Waals surface area contributed by atoms with Gasteiger partial charge in [0.25, 0.3) is 0 Å². The summed E-state index contributed by atoms with van der Waals surface area (Å²) in [5.41, 5.74) is 0. The van der Waals surface area contributed by atoms with Gasteiger partial charge in [-0.15, -0.1) is 0 Å². The lowest BCUT2D eigenvalue weighted by Crippen LogP contribution is -2.20. The van der Waals surface area contributed by atoms with Crippen LogP contribution in [0.2, 0.25) is 0 Å². The molecule has 0 N–H and O–H groups in total. The highest BCUT2D eigenvalue weighted by molar-refractivity contribution is 5.72. The Balaban J connectivity index is 3.14. The second-order valence-electron chi connectivity index (χ2n) is 11.1. The summed E-state index contributed by atoms with van der Waals surface area (Å²) >= 11 is 0. The molecule has 0 aliphatic heterocycles. The van der Waals surface area contributed by atoms with E-state index in [0.717, 1.165) is 38.7 Å². The van der Waals surface area contributed by atoms with E-state index in [1.807, 2.05) is 6.92 Å². The average molecular weight is 699 g/mol. The zero-order chi connectivity index (χ0) is 35.0. The molecule has 0 radical (unpaired) electrons. The van der Waals surface area contributed by atoms with Gasteiger partial charge in [-0.1, -0.05) is 47.0 Å². The van der Waals surface area contributed by atoms with E-state index in [9.17, 15) is 4.79 Å². The van der Waals surface area contributed by atoms with Crippen molar-refractivity contribution in [2.24, 2.45) is 11.8 Å². The smallest absolute Gasteiger partial charge is 0.308 e. The molecule has 2 unspecified atom stereocenters. The van der Waals surface area contributed by atoms with Crippen molar-refractivity contribution >= 4 is 5.97 Å². The third-order valence-corrected chi connectivity index (χ3v) is 7.02. The number of hydrogen-bond acceptors (Lipinski definition) is 13. The van der Waals surface area contributed by atoms with Gasteiger partial charge >= 0.3 is 5.97 Å². The number of carbonyl (C=O) groups is 1. The summed E-state index contributed by atoms with van der Waals surface area (Å²) in [4.78, 5) is 12.0. The van der Waals surface area contributed by atoms with Gasteiger partial charge in [0, 0.05) is 6.61 Å². The molecule has 0 heterocycles. The van der Waals surface area contributed by atoms with Crippen molar-refractivity contribution < 1.29 is 61.6 Å². The fourth-order valence-corrected chi connectivity index (χ4v) is 3.86. The Kier molecular flexibility index (Phi) is 39.6. The lowest BCUT2D eigenvalue weighted by molar-refractivity contribution is -0.150. The Morgan fingerprint density at radius 2 is 0.708 bits per heavy atom. The standard InChI is InChI=1S/C35H70O13/c1-5-8-9-34(7-3)35(36)48-31-30-46-27-26-44-23-22-42-19-18-40-15-14-38-11-10-37-12-13-39-16-17-41-20-21-43-24-25-45-28-29-47-32-33(4)6-2/h33-34H,5-32H2,1-4H3. The van der Waals surface area contributed by atoms with E-state index >= 15 is 0 Å². The molecule has 0 aromatic carbocycles. The first-order valence-electron chi connectivity index (χ1n) is 18.2. The molecule has 0 spiro atoms. The summed E-state index contributed by atoms with van der Waals surface area (Å²) in [6, 6.07) is 0. The molecular weight excluding hydrogens is 628 g/mol. The number of ether oxygens (including phenoxy) is 12. The average Bonchev–Trinajstić information content (AvgIpc) is 3.10. The quantitative estimate of drug-likeness (QED) is 0.0676. The maximum Gasteiger partial charge on any atom is 0.308 e. The molecular formula is C35H70O13. The van der Waals surface area contributed by atoms with Crippen LogP contribution in [0.25, 0.3) is 0 Å². The van der Waals surface area contributed by atoms with Crippen molar-refractivity contribution in [1.29, 1.82) is 0 Å². The summed E-state index contributed by atoms with van der Waals surface area (Å²) < 4.78 is 65.6. The Labute approximate surface area is 291 Å². The van der Waals surface area contributed by atoms with Crippen LogP contribution in [0.1, 0.15) is 59.8 Å². The molecule has 0 rings (SSSR count). The monoisotopic (exact) mass is 698 g/mol. The lowest BCUT2D eigenvalue weighted by Gasteiger charge is -2.13. The molecule has 13 heteroatoms. The molecule has 288 valence electrons. The number of esters is 1. The SMILES string of the molecule is CCCCC(CC)C(=O)OCCOCCOCCOCCOCCOCCOCCOCCOCCOCCOCCOCC(C)CC. The topological polar surface area (TPSA) is 128 Å². The molecule has 0 saturated heterocycles. The fraction of sp³-hybridized carbons (Fsp3) is 0.971. The third kappa shape index (κ3) is 36.3. The Bertz CT molecular complexity index is 629. The number of carbonyl (C=O) groups excluding carboxylic acids is 1. The van der Waals surface area contributed by atoms with Crippen molar-refractivity contribution in [2.45, 2.75) is 59.8 Å². The van der Waals surface area contributed by atoms with Gasteiger partial charge in [0.2, 0.25) is 0 Å². The maximum atomic E-state index is 12.0. The first-order valence-corrected chi connectivity index (χ1v) is 18.2. The fourth-order valence-electron chi connectivity index (χ4n) is 3.86. The largest absolute Gasteiger partial charge is 0.463 e. The molecule has 0 aromatic rings. The molecule has 0 fully saturated rings. The van der Waals surface area contributed by atoms with E-state index in [1.165, 1.54) is 0 Å².